The van der Waals surface area contributed by atoms with Gasteiger partial charge in [0.2, 0.25) is 10.0 Å². The van der Waals surface area contributed by atoms with Gasteiger partial charge in [0.1, 0.15) is 10.4 Å². The minimum Gasteiger partial charge on any atom is -0.207 e. The fourth-order valence-electron chi connectivity index (χ4n) is 2.41. The number of hydrogen-bond acceptors (Lipinski definition) is 5. The van der Waals surface area contributed by atoms with Crippen LogP contribution < -0.4 is 0 Å². The van der Waals surface area contributed by atoms with E-state index in [1.54, 1.807) is 25.4 Å². The Bertz CT molecular complexity index is 707. The van der Waals surface area contributed by atoms with Gasteiger partial charge in [-0.2, -0.15) is 30.9 Å². The summed E-state index contributed by atoms with van der Waals surface area (Å²) < 4.78 is 28.3. The van der Waals surface area contributed by atoms with Crippen LogP contribution in [-0.2, 0) is 10.0 Å². The molecule has 0 aromatic carbocycles. The Morgan fingerprint density at radius 3 is 2.85 bits per heavy atom. The second kappa shape index (κ2) is 5.34. The molecule has 3 heterocycles. The minimum atomic E-state index is -3.52. The van der Waals surface area contributed by atoms with Gasteiger partial charge in [-0.05, 0) is 36.5 Å². The molecule has 0 unspecified atom stereocenters. The van der Waals surface area contributed by atoms with Crippen molar-refractivity contribution in [3.63, 3.8) is 0 Å². The average molecular weight is 312 g/mol. The van der Waals surface area contributed by atoms with Crippen LogP contribution in [0, 0.1) is 0 Å². The zero-order chi connectivity index (χ0) is 14.2. The molecule has 2 aromatic rings. The van der Waals surface area contributed by atoms with Crippen LogP contribution in [0.25, 0.3) is 5.52 Å². The van der Waals surface area contributed by atoms with Crippen molar-refractivity contribution in [2.75, 3.05) is 18.6 Å². The Morgan fingerprint density at radius 1 is 1.35 bits per heavy atom. The first-order chi connectivity index (χ1) is 9.60. The third kappa shape index (κ3) is 2.32. The lowest BCUT2D eigenvalue weighted by Crippen LogP contribution is -2.39. The van der Waals surface area contributed by atoms with Crippen LogP contribution in [0.15, 0.2) is 29.4 Å². The summed E-state index contributed by atoms with van der Waals surface area (Å²) in [5.41, 5.74) is 0.518. The summed E-state index contributed by atoms with van der Waals surface area (Å²) >= 11 is 1.88. The number of sulfonamides is 1. The summed E-state index contributed by atoms with van der Waals surface area (Å²) in [6.45, 7) is 0. The van der Waals surface area contributed by atoms with Gasteiger partial charge in [0, 0.05) is 19.3 Å². The Balaban J connectivity index is 1.98. The molecule has 1 aliphatic rings. The van der Waals surface area contributed by atoms with Gasteiger partial charge in [-0.25, -0.2) is 8.42 Å². The van der Waals surface area contributed by atoms with E-state index in [0.29, 0.717) is 5.52 Å². The van der Waals surface area contributed by atoms with Gasteiger partial charge < -0.3 is 0 Å². The van der Waals surface area contributed by atoms with Crippen molar-refractivity contribution in [2.24, 2.45) is 0 Å². The van der Waals surface area contributed by atoms with Crippen molar-refractivity contribution in [1.29, 1.82) is 0 Å². The fourth-order valence-corrected chi connectivity index (χ4v) is 5.00. The second-order valence-electron chi connectivity index (χ2n) is 4.77. The largest absolute Gasteiger partial charge is 0.246 e. The number of hydrogen-bond donors (Lipinski definition) is 0. The predicted molar refractivity (Wildman–Crippen MR) is 78.3 cm³/mol. The Labute approximate surface area is 122 Å². The maximum Gasteiger partial charge on any atom is 0.246 e. The third-order valence-corrected chi connectivity index (χ3v) is 6.61. The van der Waals surface area contributed by atoms with Crippen molar-refractivity contribution in [3.8, 4) is 0 Å². The molecule has 1 saturated heterocycles. The van der Waals surface area contributed by atoms with Gasteiger partial charge in [0.25, 0.3) is 0 Å². The van der Waals surface area contributed by atoms with E-state index in [1.165, 1.54) is 15.1 Å². The van der Waals surface area contributed by atoms with Crippen LogP contribution in [0.2, 0.25) is 0 Å². The van der Waals surface area contributed by atoms with Crippen LogP contribution in [0.3, 0.4) is 0 Å². The zero-order valence-corrected chi connectivity index (χ0v) is 12.8. The van der Waals surface area contributed by atoms with Crippen LogP contribution in [0.5, 0.6) is 0 Å². The van der Waals surface area contributed by atoms with Crippen molar-refractivity contribution >= 4 is 27.3 Å². The topological polar surface area (TPSA) is 67.6 Å². The van der Waals surface area contributed by atoms with E-state index in [4.69, 9.17) is 0 Å². The summed E-state index contributed by atoms with van der Waals surface area (Å²) in [7, 11) is -1.86. The highest BCUT2D eigenvalue weighted by Gasteiger charge is 2.31. The van der Waals surface area contributed by atoms with Gasteiger partial charge in [-0.15, -0.1) is 0 Å². The van der Waals surface area contributed by atoms with Gasteiger partial charge in [-0.1, -0.05) is 0 Å². The third-order valence-electron chi connectivity index (χ3n) is 3.63. The Hall–Kier alpha value is -1.12. The molecule has 108 valence electrons. The van der Waals surface area contributed by atoms with E-state index in [9.17, 15) is 8.42 Å². The smallest absolute Gasteiger partial charge is 0.207 e. The van der Waals surface area contributed by atoms with E-state index < -0.39 is 10.0 Å². The van der Waals surface area contributed by atoms with Crippen molar-refractivity contribution in [2.45, 2.75) is 23.8 Å². The normalized spacial score (nSPS) is 17.9. The first-order valence-corrected chi connectivity index (χ1v) is 9.05. The highest BCUT2D eigenvalue weighted by atomic mass is 32.2. The Kier molecular flexibility index (Phi) is 3.70. The Morgan fingerprint density at radius 2 is 2.10 bits per heavy atom. The van der Waals surface area contributed by atoms with Gasteiger partial charge in [0.15, 0.2) is 0 Å². The van der Waals surface area contributed by atoms with Crippen LogP contribution >= 0.6 is 11.8 Å². The minimum absolute atomic E-state index is 0.0767. The van der Waals surface area contributed by atoms with Crippen LogP contribution in [-0.4, -0.2) is 52.1 Å². The lowest BCUT2D eigenvalue weighted by atomic mass is 10.2. The SMILES string of the molecule is CN(C1CCSCC1)S(=O)(=O)c1cnn2ncccc12. The fraction of sp³-hybridized carbons (Fsp3) is 0.500. The molecule has 1 fully saturated rings. The number of rotatable bonds is 3. The first-order valence-electron chi connectivity index (χ1n) is 6.45. The molecular formula is C12H16N4O2S2. The molecule has 1 aliphatic heterocycles. The zero-order valence-electron chi connectivity index (χ0n) is 11.1. The lowest BCUT2D eigenvalue weighted by Gasteiger charge is -2.29. The standard InChI is InChI=1S/C12H16N4O2S2/c1-15(10-4-7-19-8-5-10)20(17,18)12-9-14-16-11(12)3-2-6-13-16/h2-3,6,9-10H,4-5,7-8H2,1H3. The molecule has 20 heavy (non-hydrogen) atoms. The molecule has 0 atom stereocenters. The van der Waals surface area contributed by atoms with E-state index in [0.717, 1.165) is 24.3 Å². The van der Waals surface area contributed by atoms with E-state index in [2.05, 4.69) is 10.2 Å². The molecule has 0 amide bonds. The summed E-state index contributed by atoms with van der Waals surface area (Å²) in [5, 5.41) is 8.01. The molecule has 8 heteroatoms. The van der Waals surface area contributed by atoms with Gasteiger partial charge in [-0.3, -0.25) is 0 Å². The van der Waals surface area contributed by atoms with E-state index >= 15 is 0 Å². The quantitative estimate of drug-likeness (QED) is 0.853. The van der Waals surface area contributed by atoms with Gasteiger partial charge >= 0.3 is 0 Å². The van der Waals surface area contributed by atoms with Crippen molar-refractivity contribution < 1.29 is 8.42 Å². The number of thioether (sulfide) groups is 1. The monoisotopic (exact) mass is 312 g/mol. The summed E-state index contributed by atoms with van der Waals surface area (Å²) in [6, 6.07) is 3.51. The molecule has 0 bridgehead atoms. The highest BCUT2D eigenvalue weighted by Crippen LogP contribution is 2.27. The highest BCUT2D eigenvalue weighted by molar-refractivity contribution is 7.99. The number of aromatic nitrogens is 3. The molecule has 0 saturated carbocycles. The maximum atomic E-state index is 12.7. The number of nitrogens with zero attached hydrogens (tertiary/aromatic N) is 4. The van der Waals surface area contributed by atoms with E-state index in [1.807, 2.05) is 11.8 Å². The average Bonchev–Trinajstić information content (AvgIpc) is 2.92. The lowest BCUT2D eigenvalue weighted by molar-refractivity contribution is 0.349. The molecule has 0 aliphatic carbocycles. The van der Waals surface area contributed by atoms with Crippen molar-refractivity contribution in [1.82, 2.24) is 19.1 Å². The van der Waals surface area contributed by atoms with Crippen molar-refractivity contribution in [3.05, 3.63) is 24.5 Å². The summed E-state index contributed by atoms with van der Waals surface area (Å²) in [5.74, 6) is 2.03. The molecule has 6 nitrogen and oxygen atoms in total. The van der Waals surface area contributed by atoms with Gasteiger partial charge in [0.05, 0.1) is 6.20 Å². The molecule has 0 radical (unpaired) electrons. The van der Waals surface area contributed by atoms with Crippen LogP contribution in [0.1, 0.15) is 12.8 Å². The summed E-state index contributed by atoms with van der Waals surface area (Å²) in [4.78, 5) is 0.228. The number of fused-ring (bicyclic) bond motifs is 1. The molecule has 2 aromatic heterocycles. The van der Waals surface area contributed by atoms with Crippen LogP contribution in [0.4, 0.5) is 0 Å². The van der Waals surface area contributed by atoms with E-state index in [-0.39, 0.29) is 10.9 Å². The second-order valence-corrected chi connectivity index (χ2v) is 7.96. The molecule has 0 N–H and O–H groups in total. The predicted octanol–water partition coefficient (Wildman–Crippen LogP) is 1.25. The maximum absolute atomic E-state index is 12.7. The molecule has 3 rings (SSSR count). The first kappa shape index (κ1) is 13.8. The summed E-state index contributed by atoms with van der Waals surface area (Å²) in [6.07, 6.45) is 4.76. The molecule has 0 spiro atoms. The molecular weight excluding hydrogens is 296 g/mol.